The van der Waals surface area contributed by atoms with E-state index in [1.54, 1.807) is 24.0 Å². The molecule has 0 radical (unpaired) electrons. The van der Waals surface area contributed by atoms with Gasteiger partial charge in [-0.25, -0.2) is 8.42 Å². The average molecular weight is 500 g/mol. The predicted octanol–water partition coefficient (Wildman–Crippen LogP) is 2.42. The van der Waals surface area contributed by atoms with Crippen LogP contribution >= 0.6 is 0 Å². The molecule has 1 aliphatic heterocycles. The Bertz CT molecular complexity index is 908. The fourth-order valence-electron chi connectivity index (χ4n) is 4.02. The fraction of sp³-hybridized carbons (Fsp3) is 0.708. The summed E-state index contributed by atoms with van der Waals surface area (Å²) in [4.78, 5) is 17.5. The number of aliphatic hydroxyl groups is 1. The van der Waals surface area contributed by atoms with Crippen LogP contribution in [0.25, 0.3) is 0 Å². The third-order valence-corrected chi connectivity index (χ3v) is 6.51. The summed E-state index contributed by atoms with van der Waals surface area (Å²) < 4.78 is 38.3. The number of hydrogen-bond donors (Lipinski definition) is 2. The Balaban J connectivity index is 2.51. The lowest BCUT2D eigenvalue weighted by molar-refractivity contribution is -0.0137. The molecule has 0 aliphatic carbocycles. The van der Waals surface area contributed by atoms with E-state index in [-0.39, 0.29) is 41.9 Å². The Kier molecular flexibility index (Phi) is 10.6. The van der Waals surface area contributed by atoms with Gasteiger partial charge in [0.05, 0.1) is 36.7 Å². The Labute approximate surface area is 204 Å². The molecule has 2 rings (SSSR count). The maximum atomic E-state index is 13.8. The van der Waals surface area contributed by atoms with Gasteiger partial charge in [-0.05, 0) is 65.4 Å². The van der Waals surface area contributed by atoms with Crippen LogP contribution in [0.4, 0.5) is 5.69 Å². The summed E-state index contributed by atoms with van der Waals surface area (Å²) in [7, 11) is 0.465. The number of benzene rings is 1. The van der Waals surface area contributed by atoms with Gasteiger partial charge in [-0.3, -0.25) is 9.52 Å². The highest BCUT2D eigenvalue weighted by Gasteiger charge is 2.30. The quantitative estimate of drug-likeness (QED) is 0.619. The number of fused-ring (bicyclic) bond motifs is 1. The summed E-state index contributed by atoms with van der Waals surface area (Å²) in [5.41, 5.74) is 0.542. The maximum absolute atomic E-state index is 13.8. The number of sulfonamides is 1. The highest BCUT2D eigenvalue weighted by molar-refractivity contribution is 7.92. The van der Waals surface area contributed by atoms with Crippen LogP contribution < -0.4 is 9.46 Å². The lowest BCUT2D eigenvalue weighted by atomic mass is 10.0. The number of amides is 1. The van der Waals surface area contributed by atoms with Crippen LogP contribution in [0.2, 0.25) is 0 Å². The van der Waals surface area contributed by atoms with E-state index in [1.807, 2.05) is 27.9 Å². The normalized spacial score (nSPS) is 24.2. The molecule has 194 valence electrons. The number of rotatable bonds is 6. The molecule has 1 aromatic carbocycles. The molecule has 0 aromatic heterocycles. The van der Waals surface area contributed by atoms with Crippen LogP contribution in [0, 0.1) is 5.92 Å². The highest BCUT2D eigenvalue weighted by Crippen LogP contribution is 2.28. The molecular formula is C24H41N3O6S. The number of carbonyl (C=O) groups is 1. The van der Waals surface area contributed by atoms with Gasteiger partial charge >= 0.3 is 0 Å². The van der Waals surface area contributed by atoms with Crippen molar-refractivity contribution in [2.24, 2.45) is 5.92 Å². The Morgan fingerprint density at radius 2 is 1.97 bits per heavy atom. The minimum absolute atomic E-state index is 0.00362. The lowest BCUT2D eigenvalue weighted by Crippen LogP contribution is -2.47. The molecule has 1 heterocycles. The number of aliphatic hydroxyl groups excluding tert-OH is 1. The van der Waals surface area contributed by atoms with Crippen LogP contribution in [0.3, 0.4) is 0 Å². The molecule has 4 atom stereocenters. The summed E-state index contributed by atoms with van der Waals surface area (Å²) in [5.74, 6) is 0.0785. The van der Waals surface area contributed by atoms with Crippen molar-refractivity contribution in [2.45, 2.75) is 58.3 Å². The standard InChI is InChI=1S/C24H41N3O6S/c1-17-14-27(18(2)16-28)24(29)21-13-20(25-34(6,30)31)10-11-22(21)33-19(3)9-7-8-12-32-23(17)15-26(4)5/h10-11,13,17-19,23,25,28H,7-9,12,14-16H2,1-6H3/t17-,18-,19-,23+/m0/s1. The van der Waals surface area contributed by atoms with Crippen LogP contribution in [-0.2, 0) is 14.8 Å². The molecule has 1 aliphatic rings. The van der Waals surface area contributed by atoms with Crippen molar-refractivity contribution in [3.05, 3.63) is 23.8 Å². The second kappa shape index (κ2) is 12.7. The average Bonchev–Trinajstić information content (AvgIpc) is 2.74. The Morgan fingerprint density at radius 1 is 1.26 bits per heavy atom. The predicted molar refractivity (Wildman–Crippen MR) is 134 cm³/mol. The zero-order chi connectivity index (χ0) is 25.5. The van der Waals surface area contributed by atoms with Crippen molar-refractivity contribution in [3.8, 4) is 5.75 Å². The lowest BCUT2D eigenvalue weighted by Gasteiger charge is -2.35. The molecule has 0 spiro atoms. The first-order valence-electron chi connectivity index (χ1n) is 11.9. The molecular weight excluding hydrogens is 458 g/mol. The van der Waals surface area contributed by atoms with Gasteiger partial charge in [0.25, 0.3) is 5.91 Å². The molecule has 10 heteroatoms. The molecule has 0 unspecified atom stereocenters. The van der Waals surface area contributed by atoms with Crippen molar-refractivity contribution < 1.29 is 27.8 Å². The summed E-state index contributed by atoms with van der Waals surface area (Å²) >= 11 is 0. The van der Waals surface area contributed by atoms with Gasteiger partial charge in [0.15, 0.2) is 0 Å². The first-order chi connectivity index (χ1) is 15.9. The summed E-state index contributed by atoms with van der Waals surface area (Å²) in [5, 5.41) is 9.91. The number of carbonyl (C=O) groups excluding carboxylic acids is 1. The maximum Gasteiger partial charge on any atom is 0.258 e. The zero-order valence-electron chi connectivity index (χ0n) is 21.3. The van der Waals surface area contributed by atoms with Crippen molar-refractivity contribution in [1.29, 1.82) is 0 Å². The van der Waals surface area contributed by atoms with Crippen molar-refractivity contribution in [2.75, 3.05) is 51.4 Å². The van der Waals surface area contributed by atoms with Gasteiger partial charge in [0, 0.05) is 31.3 Å². The number of likely N-dealkylation sites (N-methyl/N-ethyl adjacent to an activating group) is 1. The van der Waals surface area contributed by atoms with Crippen LogP contribution in [0.5, 0.6) is 5.75 Å². The second-order valence-corrected chi connectivity index (χ2v) is 11.4. The third-order valence-electron chi connectivity index (χ3n) is 5.90. The molecule has 0 bridgehead atoms. The number of hydrogen-bond acceptors (Lipinski definition) is 7. The molecule has 2 N–H and O–H groups in total. The largest absolute Gasteiger partial charge is 0.490 e. The first-order valence-corrected chi connectivity index (χ1v) is 13.8. The van der Waals surface area contributed by atoms with Crippen molar-refractivity contribution in [1.82, 2.24) is 9.80 Å². The van der Waals surface area contributed by atoms with Crippen LogP contribution in [0.1, 0.15) is 50.4 Å². The van der Waals surface area contributed by atoms with E-state index in [0.29, 0.717) is 18.9 Å². The van der Waals surface area contributed by atoms with E-state index in [0.717, 1.165) is 32.1 Å². The van der Waals surface area contributed by atoms with Gasteiger partial charge in [-0.2, -0.15) is 0 Å². The highest BCUT2D eigenvalue weighted by atomic mass is 32.2. The van der Waals surface area contributed by atoms with Gasteiger partial charge in [-0.1, -0.05) is 6.92 Å². The summed E-state index contributed by atoms with van der Waals surface area (Å²) in [6, 6.07) is 4.28. The van der Waals surface area contributed by atoms with E-state index in [9.17, 15) is 18.3 Å². The fourth-order valence-corrected chi connectivity index (χ4v) is 4.58. The van der Waals surface area contributed by atoms with E-state index in [4.69, 9.17) is 9.47 Å². The smallest absolute Gasteiger partial charge is 0.258 e. The molecule has 9 nitrogen and oxygen atoms in total. The van der Waals surface area contributed by atoms with E-state index < -0.39 is 16.1 Å². The van der Waals surface area contributed by atoms with E-state index in [2.05, 4.69) is 9.62 Å². The molecule has 1 amide bonds. The van der Waals surface area contributed by atoms with Gasteiger partial charge in [-0.15, -0.1) is 0 Å². The minimum atomic E-state index is -3.52. The third kappa shape index (κ3) is 8.72. The minimum Gasteiger partial charge on any atom is -0.490 e. The van der Waals surface area contributed by atoms with E-state index >= 15 is 0 Å². The monoisotopic (exact) mass is 499 g/mol. The van der Waals surface area contributed by atoms with E-state index in [1.165, 1.54) is 6.07 Å². The topological polar surface area (TPSA) is 108 Å². The number of ether oxygens (including phenoxy) is 2. The number of anilines is 1. The number of nitrogens with zero attached hydrogens (tertiary/aromatic N) is 2. The SMILES string of the molecule is C[C@H]1CCCCO[C@H](CN(C)C)[C@@H](C)CN([C@@H](C)CO)C(=O)c2cc(NS(C)(=O)=O)ccc2O1. The zero-order valence-corrected chi connectivity index (χ0v) is 22.1. The molecule has 34 heavy (non-hydrogen) atoms. The first kappa shape index (κ1) is 28.4. The summed E-state index contributed by atoms with van der Waals surface area (Å²) in [6.45, 7) is 7.31. The van der Waals surface area contributed by atoms with Crippen molar-refractivity contribution in [3.63, 3.8) is 0 Å². The molecule has 0 saturated heterocycles. The van der Waals surface area contributed by atoms with Gasteiger partial charge in [0.2, 0.25) is 10.0 Å². The summed E-state index contributed by atoms with van der Waals surface area (Å²) in [6.07, 6.45) is 3.48. The molecule has 0 fully saturated rings. The van der Waals surface area contributed by atoms with Crippen LogP contribution in [-0.4, -0.2) is 94.1 Å². The van der Waals surface area contributed by atoms with Gasteiger partial charge < -0.3 is 24.4 Å². The van der Waals surface area contributed by atoms with Crippen LogP contribution in [0.15, 0.2) is 18.2 Å². The molecule has 0 saturated carbocycles. The molecule has 1 aromatic rings. The second-order valence-electron chi connectivity index (χ2n) is 9.65. The van der Waals surface area contributed by atoms with Crippen molar-refractivity contribution >= 4 is 21.6 Å². The Hall–Kier alpha value is -1.88. The Morgan fingerprint density at radius 3 is 2.59 bits per heavy atom. The number of nitrogens with one attached hydrogen (secondary N) is 1. The van der Waals surface area contributed by atoms with Gasteiger partial charge in [0.1, 0.15) is 5.75 Å².